The maximum Gasteiger partial charge on any atom is 0.335 e. The van der Waals surface area contributed by atoms with Crippen LogP contribution in [0.1, 0.15) is 24.2 Å². The van der Waals surface area contributed by atoms with Crippen molar-refractivity contribution in [2.75, 3.05) is 23.5 Å². The number of carbonyl (C=O) groups is 1. The van der Waals surface area contributed by atoms with Crippen LogP contribution in [0.4, 0.5) is 27.1 Å². The van der Waals surface area contributed by atoms with E-state index in [0.717, 1.165) is 33.7 Å². The highest BCUT2D eigenvalue weighted by atomic mass is 19.1. The van der Waals surface area contributed by atoms with Crippen LogP contribution in [-0.2, 0) is 0 Å². The first kappa shape index (κ1) is 20.8. The summed E-state index contributed by atoms with van der Waals surface area (Å²) in [7, 11) is 1.53. The van der Waals surface area contributed by atoms with Crippen LogP contribution in [-0.4, -0.2) is 40.5 Å². The Morgan fingerprint density at radius 1 is 1.09 bits per heavy atom. The molecule has 4 aromatic rings. The molecule has 2 heterocycles. The standard InChI is InChI=1S/C25H23FN4O3/c1-25(2)14-29(20-9-4-15(24(31)32)11-23(20)33-3)21-12-19-16(13-27-28-19)10-22(21)30(25)18-7-5-17(26)6-8-18/h4-13H,14H2,1-3H3,(H,27,28)(H,31,32). The molecule has 1 aliphatic heterocycles. The molecule has 0 saturated heterocycles. The monoisotopic (exact) mass is 446 g/mol. The number of hydrogen-bond donors (Lipinski definition) is 2. The van der Waals surface area contributed by atoms with Crippen LogP contribution in [0, 0.1) is 5.82 Å². The molecule has 2 N–H and O–H groups in total. The SMILES string of the molecule is COc1cc(C(=O)O)ccc1N1CC(C)(C)N(c2ccc(F)cc2)c2cc3cn[nH]c3cc21. The van der Waals surface area contributed by atoms with Crippen molar-refractivity contribution in [2.45, 2.75) is 19.4 Å². The lowest BCUT2D eigenvalue weighted by Gasteiger charge is -2.50. The van der Waals surface area contributed by atoms with Gasteiger partial charge in [0.2, 0.25) is 0 Å². The van der Waals surface area contributed by atoms with Crippen LogP contribution in [0.3, 0.4) is 0 Å². The number of nitrogens with one attached hydrogen (secondary N) is 1. The van der Waals surface area contributed by atoms with E-state index < -0.39 is 11.5 Å². The van der Waals surface area contributed by atoms with E-state index in [1.54, 1.807) is 30.5 Å². The molecule has 33 heavy (non-hydrogen) atoms. The molecular formula is C25H23FN4O3. The van der Waals surface area contributed by atoms with Crippen LogP contribution in [0.15, 0.2) is 60.8 Å². The number of anilines is 4. The summed E-state index contributed by atoms with van der Waals surface area (Å²) in [6.07, 6.45) is 1.77. The first-order valence-corrected chi connectivity index (χ1v) is 10.5. The van der Waals surface area contributed by atoms with Crippen molar-refractivity contribution in [1.82, 2.24) is 10.2 Å². The van der Waals surface area contributed by atoms with Gasteiger partial charge in [-0.2, -0.15) is 5.10 Å². The molecule has 0 aliphatic carbocycles. The third-order valence-electron chi connectivity index (χ3n) is 6.02. The van der Waals surface area contributed by atoms with Gasteiger partial charge in [0.1, 0.15) is 11.6 Å². The van der Waals surface area contributed by atoms with Gasteiger partial charge in [-0.15, -0.1) is 0 Å². The van der Waals surface area contributed by atoms with Gasteiger partial charge in [0.05, 0.1) is 47.0 Å². The molecule has 0 bridgehead atoms. The number of rotatable bonds is 4. The number of fused-ring (bicyclic) bond motifs is 2. The zero-order valence-corrected chi connectivity index (χ0v) is 18.5. The average molecular weight is 446 g/mol. The Bertz CT molecular complexity index is 1360. The number of carboxylic acids is 1. The molecule has 1 aromatic heterocycles. The number of carboxylic acid groups (broad SMARTS) is 1. The van der Waals surface area contributed by atoms with Crippen molar-refractivity contribution < 1.29 is 19.0 Å². The number of aromatic amines is 1. The first-order chi connectivity index (χ1) is 15.8. The van der Waals surface area contributed by atoms with Gasteiger partial charge in [0.15, 0.2) is 0 Å². The van der Waals surface area contributed by atoms with Crippen molar-refractivity contribution in [3.05, 3.63) is 72.2 Å². The van der Waals surface area contributed by atoms with Crippen LogP contribution in [0.2, 0.25) is 0 Å². The second kappa shape index (κ2) is 7.51. The summed E-state index contributed by atoms with van der Waals surface area (Å²) in [6, 6.07) is 15.4. The number of halogens is 1. The lowest BCUT2D eigenvalue weighted by molar-refractivity contribution is 0.0696. The fourth-order valence-electron chi connectivity index (χ4n) is 4.56. The van der Waals surface area contributed by atoms with E-state index >= 15 is 0 Å². The molecule has 5 rings (SSSR count). The van der Waals surface area contributed by atoms with Gasteiger partial charge in [0, 0.05) is 17.6 Å². The molecule has 8 heteroatoms. The molecule has 0 amide bonds. The highest BCUT2D eigenvalue weighted by Gasteiger charge is 2.39. The smallest absolute Gasteiger partial charge is 0.335 e. The van der Waals surface area contributed by atoms with Crippen LogP contribution >= 0.6 is 0 Å². The second-order valence-electron chi connectivity index (χ2n) is 8.70. The number of benzene rings is 3. The minimum Gasteiger partial charge on any atom is -0.495 e. The third-order valence-corrected chi connectivity index (χ3v) is 6.02. The summed E-state index contributed by atoms with van der Waals surface area (Å²) >= 11 is 0. The van der Waals surface area contributed by atoms with E-state index in [4.69, 9.17) is 4.74 Å². The summed E-state index contributed by atoms with van der Waals surface area (Å²) < 4.78 is 19.3. The van der Waals surface area contributed by atoms with Gasteiger partial charge < -0.3 is 19.6 Å². The number of hydrogen-bond acceptors (Lipinski definition) is 5. The minimum absolute atomic E-state index is 0.157. The van der Waals surface area contributed by atoms with Crippen molar-refractivity contribution in [3.8, 4) is 5.75 Å². The fraction of sp³-hybridized carbons (Fsp3) is 0.200. The Morgan fingerprint density at radius 2 is 1.85 bits per heavy atom. The molecular weight excluding hydrogens is 423 g/mol. The zero-order chi connectivity index (χ0) is 23.3. The Hall–Kier alpha value is -4.07. The fourth-order valence-corrected chi connectivity index (χ4v) is 4.56. The Balaban J connectivity index is 1.74. The summed E-state index contributed by atoms with van der Waals surface area (Å²) in [5.41, 5.74) is 4.09. The maximum absolute atomic E-state index is 13.7. The van der Waals surface area contributed by atoms with Crippen LogP contribution in [0.25, 0.3) is 10.9 Å². The molecule has 3 aromatic carbocycles. The number of aromatic carboxylic acids is 1. The molecule has 0 radical (unpaired) electrons. The normalized spacial score (nSPS) is 14.9. The molecule has 0 atom stereocenters. The van der Waals surface area contributed by atoms with Crippen LogP contribution in [0.5, 0.6) is 5.75 Å². The van der Waals surface area contributed by atoms with E-state index in [1.165, 1.54) is 25.3 Å². The predicted octanol–water partition coefficient (Wildman–Crippen LogP) is 5.48. The molecule has 7 nitrogen and oxygen atoms in total. The largest absolute Gasteiger partial charge is 0.495 e. The number of nitrogens with zero attached hydrogens (tertiary/aromatic N) is 3. The van der Waals surface area contributed by atoms with Crippen molar-refractivity contribution in [2.24, 2.45) is 0 Å². The Morgan fingerprint density at radius 3 is 2.55 bits per heavy atom. The van der Waals surface area contributed by atoms with Gasteiger partial charge >= 0.3 is 5.97 Å². The summed E-state index contributed by atoms with van der Waals surface area (Å²) in [6.45, 7) is 4.80. The van der Waals surface area contributed by atoms with Gasteiger partial charge in [-0.3, -0.25) is 5.10 Å². The molecule has 1 aliphatic rings. The van der Waals surface area contributed by atoms with E-state index in [2.05, 4.69) is 39.9 Å². The van der Waals surface area contributed by atoms with Crippen molar-refractivity contribution in [1.29, 1.82) is 0 Å². The summed E-state index contributed by atoms with van der Waals surface area (Å²) in [4.78, 5) is 15.8. The van der Waals surface area contributed by atoms with Crippen LogP contribution < -0.4 is 14.5 Å². The summed E-state index contributed by atoms with van der Waals surface area (Å²) in [5.74, 6) is -0.832. The predicted molar refractivity (Wildman–Crippen MR) is 126 cm³/mol. The number of aromatic nitrogens is 2. The minimum atomic E-state index is -1.01. The molecule has 0 unspecified atom stereocenters. The summed E-state index contributed by atoms with van der Waals surface area (Å²) in [5, 5.41) is 17.6. The van der Waals surface area contributed by atoms with Gasteiger partial charge in [-0.1, -0.05) is 0 Å². The number of H-pyrrole nitrogens is 1. The third kappa shape index (κ3) is 3.44. The van der Waals surface area contributed by atoms with Gasteiger partial charge in [-0.25, -0.2) is 9.18 Å². The molecule has 168 valence electrons. The molecule has 0 saturated carbocycles. The topological polar surface area (TPSA) is 81.7 Å². The van der Waals surface area contributed by atoms with E-state index in [9.17, 15) is 14.3 Å². The number of methoxy groups -OCH3 is 1. The number of ether oxygens (including phenoxy) is 1. The Labute approximate surface area is 190 Å². The lowest BCUT2D eigenvalue weighted by Crippen LogP contribution is -2.52. The lowest BCUT2D eigenvalue weighted by atomic mass is 9.93. The van der Waals surface area contributed by atoms with Crippen molar-refractivity contribution >= 4 is 39.6 Å². The Kier molecular flexibility index (Phi) is 4.74. The second-order valence-corrected chi connectivity index (χ2v) is 8.70. The van der Waals surface area contributed by atoms with E-state index in [-0.39, 0.29) is 11.4 Å². The van der Waals surface area contributed by atoms with Gasteiger partial charge in [0.25, 0.3) is 0 Å². The van der Waals surface area contributed by atoms with Gasteiger partial charge in [-0.05, 0) is 68.4 Å². The zero-order valence-electron chi connectivity index (χ0n) is 18.5. The molecule has 0 spiro atoms. The quantitative estimate of drug-likeness (QED) is 0.432. The first-order valence-electron chi connectivity index (χ1n) is 10.5. The van der Waals surface area contributed by atoms with Crippen molar-refractivity contribution in [3.63, 3.8) is 0 Å². The van der Waals surface area contributed by atoms with E-state index in [0.29, 0.717) is 12.3 Å². The average Bonchev–Trinajstić information content (AvgIpc) is 3.25. The molecule has 0 fully saturated rings. The highest BCUT2D eigenvalue weighted by Crippen LogP contribution is 2.50. The highest BCUT2D eigenvalue weighted by molar-refractivity contribution is 5.96. The van der Waals surface area contributed by atoms with E-state index in [1.807, 2.05) is 6.07 Å². The maximum atomic E-state index is 13.7.